The summed E-state index contributed by atoms with van der Waals surface area (Å²) in [5.41, 5.74) is 8.16. The van der Waals surface area contributed by atoms with Crippen LogP contribution in [0.2, 0.25) is 0 Å². The molecule has 0 saturated carbocycles. The van der Waals surface area contributed by atoms with E-state index in [1.807, 2.05) is 61.5 Å². The zero-order chi connectivity index (χ0) is 25.2. The van der Waals surface area contributed by atoms with Crippen molar-refractivity contribution in [2.24, 2.45) is 0 Å². The molecule has 0 radical (unpaired) electrons. The monoisotopic (exact) mass is 475 g/mol. The van der Waals surface area contributed by atoms with Crippen LogP contribution in [0.3, 0.4) is 0 Å². The Morgan fingerprint density at radius 1 is 1.08 bits per heavy atom. The van der Waals surface area contributed by atoms with E-state index in [0.717, 1.165) is 5.39 Å². The van der Waals surface area contributed by atoms with Gasteiger partial charge in [0.05, 0.1) is 18.0 Å². The molecule has 2 aromatic carbocycles. The molecule has 3 heterocycles. The van der Waals surface area contributed by atoms with Gasteiger partial charge in [-0.25, -0.2) is 14.8 Å². The van der Waals surface area contributed by atoms with Gasteiger partial charge in [0, 0.05) is 29.8 Å². The van der Waals surface area contributed by atoms with E-state index in [1.54, 1.807) is 16.8 Å². The number of nitrogens with zero attached hydrogens (tertiary/aromatic N) is 4. The highest BCUT2D eigenvalue weighted by molar-refractivity contribution is 5.96. The fraction of sp³-hybridized carbons (Fsp3) is 0.0741. The number of rotatable bonds is 5. The fourth-order valence-corrected chi connectivity index (χ4v) is 4.25. The molecule has 5 rings (SSSR count). The van der Waals surface area contributed by atoms with Crippen LogP contribution in [0.4, 0.5) is 17.5 Å². The Hall–Kier alpha value is -5.23. The number of para-hydroxylation sites is 1. The molecule has 1 atom stereocenters. The summed E-state index contributed by atoms with van der Waals surface area (Å²) < 4.78 is 1.64. The highest BCUT2D eigenvalue weighted by atomic mass is 16.1. The van der Waals surface area contributed by atoms with Crippen LogP contribution < -0.4 is 22.2 Å². The first kappa shape index (κ1) is 22.6. The van der Waals surface area contributed by atoms with Crippen molar-refractivity contribution in [1.82, 2.24) is 19.5 Å². The Morgan fingerprint density at radius 2 is 1.89 bits per heavy atom. The molecule has 0 aliphatic carbocycles. The second-order valence-corrected chi connectivity index (χ2v) is 8.20. The van der Waals surface area contributed by atoms with Crippen LogP contribution in [-0.4, -0.2) is 19.5 Å². The Morgan fingerprint density at radius 3 is 2.64 bits per heavy atom. The molecule has 0 fully saturated rings. The summed E-state index contributed by atoms with van der Waals surface area (Å²) in [5, 5.41) is 4.44. The second kappa shape index (κ2) is 9.19. The van der Waals surface area contributed by atoms with E-state index in [9.17, 15) is 9.59 Å². The molecule has 3 aromatic heterocycles. The maximum Gasteiger partial charge on any atom is 0.263 e. The van der Waals surface area contributed by atoms with Crippen molar-refractivity contribution in [2.45, 2.75) is 13.0 Å². The van der Waals surface area contributed by atoms with Gasteiger partial charge in [0.2, 0.25) is 17.2 Å². The number of nitrogens with one attached hydrogen (secondary N) is 2. The average Bonchev–Trinajstić information content (AvgIpc) is 2.89. The van der Waals surface area contributed by atoms with Crippen molar-refractivity contribution < 1.29 is 0 Å². The van der Waals surface area contributed by atoms with E-state index in [-0.39, 0.29) is 28.6 Å². The Balaban J connectivity index is 1.76. The molecule has 5 aromatic rings. The number of nitrogens with two attached hydrogens (primary N) is 1. The smallest absolute Gasteiger partial charge is 0.263 e. The van der Waals surface area contributed by atoms with Gasteiger partial charge in [-0.1, -0.05) is 36.4 Å². The van der Waals surface area contributed by atoms with E-state index in [4.69, 9.17) is 12.3 Å². The van der Waals surface area contributed by atoms with Gasteiger partial charge in [0.25, 0.3) is 5.56 Å². The first-order valence-electron chi connectivity index (χ1n) is 11.2. The molecule has 9 nitrogen and oxygen atoms in total. The van der Waals surface area contributed by atoms with Gasteiger partial charge in [-0.05, 0) is 47.7 Å². The zero-order valence-electron chi connectivity index (χ0n) is 19.3. The Kier molecular flexibility index (Phi) is 5.76. The summed E-state index contributed by atoms with van der Waals surface area (Å²) in [6, 6.07) is 19.6. The van der Waals surface area contributed by atoms with Gasteiger partial charge < -0.3 is 16.0 Å². The molecule has 0 aliphatic rings. The average molecular weight is 476 g/mol. The fourth-order valence-electron chi connectivity index (χ4n) is 4.25. The van der Waals surface area contributed by atoms with Crippen LogP contribution in [0.25, 0.3) is 32.4 Å². The lowest BCUT2D eigenvalue weighted by atomic mass is 9.98. The maximum atomic E-state index is 14.1. The lowest BCUT2D eigenvalue weighted by Gasteiger charge is -2.22. The summed E-state index contributed by atoms with van der Waals surface area (Å²) in [4.78, 5) is 40.2. The van der Waals surface area contributed by atoms with Crippen LogP contribution in [-0.2, 0) is 0 Å². The maximum absolute atomic E-state index is 14.1. The van der Waals surface area contributed by atoms with E-state index >= 15 is 0 Å². The predicted octanol–water partition coefficient (Wildman–Crippen LogP) is 4.44. The van der Waals surface area contributed by atoms with Crippen LogP contribution in [0.15, 0.2) is 88.7 Å². The Labute approximate surface area is 205 Å². The minimum atomic E-state index is -0.430. The van der Waals surface area contributed by atoms with E-state index < -0.39 is 6.04 Å². The molecule has 0 amide bonds. The van der Waals surface area contributed by atoms with Gasteiger partial charge in [0.15, 0.2) is 0 Å². The molecule has 9 heteroatoms. The van der Waals surface area contributed by atoms with Crippen molar-refractivity contribution in [2.75, 3.05) is 11.1 Å². The first-order valence-corrected chi connectivity index (χ1v) is 11.2. The lowest BCUT2D eigenvalue weighted by molar-refractivity contribution is 0.774. The number of H-pyrrole nitrogens is 1. The van der Waals surface area contributed by atoms with Crippen molar-refractivity contribution in [3.05, 3.63) is 117 Å². The largest absolute Gasteiger partial charge is 0.371 e. The molecule has 0 saturated heterocycles. The van der Waals surface area contributed by atoms with Crippen LogP contribution in [0.5, 0.6) is 0 Å². The molecular weight excluding hydrogens is 454 g/mol. The molecule has 0 unspecified atom stereocenters. The van der Waals surface area contributed by atoms with Gasteiger partial charge in [0.1, 0.15) is 5.82 Å². The third-order valence-electron chi connectivity index (χ3n) is 5.88. The summed E-state index contributed by atoms with van der Waals surface area (Å²) in [6.07, 6.45) is 2.93. The molecule has 176 valence electrons. The molecule has 0 bridgehead atoms. The summed E-state index contributed by atoms with van der Waals surface area (Å²) >= 11 is 0. The predicted molar refractivity (Wildman–Crippen MR) is 140 cm³/mol. The van der Waals surface area contributed by atoms with Crippen LogP contribution >= 0.6 is 0 Å². The summed E-state index contributed by atoms with van der Waals surface area (Å²) in [5.74, 6) is 0.327. The minimum absolute atomic E-state index is 0.0403. The first-order chi connectivity index (χ1) is 17.5. The van der Waals surface area contributed by atoms with Gasteiger partial charge >= 0.3 is 0 Å². The van der Waals surface area contributed by atoms with E-state index in [2.05, 4.69) is 25.1 Å². The van der Waals surface area contributed by atoms with E-state index in [1.165, 1.54) is 12.3 Å². The standard InChI is InChI=1S/C27H21N7O2/c1-16(32-25-21(29-2)15-31-27(28)33-25)22-13-18-7-6-10-20(17-11-12-30-23(35)14-17)24(18)26(36)34(22)19-8-4-3-5-9-19/h3-16H,1H3,(H,30,35)(H3,28,31,32,33)/t16-/m0/s1. The molecule has 0 aliphatic heterocycles. The molecule has 0 spiro atoms. The van der Waals surface area contributed by atoms with Crippen molar-refractivity contribution in [1.29, 1.82) is 0 Å². The number of hydrogen-bond donors (Lipinski definition) is 3. The van der Waals surface area contributed by atoms with E-state index in [0.29, 0.717) is 27.9 Å². The number of nitrogen functional groups attached to an aromatic ring is 1. The highest BCUT2D eigenvalue weighted by Crippen LogP contribution is 2.31. The SMILES string of the molecule is [C-]#[N+]c1cnc(N)nc1N[C@@H](C)c1cc2cccc(-c3cc[nH]c(=O)c3)c2c(=O)n1-c1ccccc1. The summed E-state index contributed by atoms with van der Waals surface area (Å²) in [7, 11) is 0. The van der Waals surface area contributed by atoms with Gasteiger partial charge in [-0.2, -0.15) is 0 Å². The van der Waals surface area contributed by atoms with Crippen LogP contribution in [0.1, 0.15) is 18.7 Å². The highest BCUT2D eigenvalue weighted by Gasteiger charge is 2.20. The van der Waals surface area contributed by atoms with Gasteiger partial charge in [-0.15, -0.1) is 0 Å². The number of hydrogen-bond acceptors (Lipinski definition) is 6. The van der Waals surface area contributed by atoms with Crippen molar-refractivity contribution >= 4 is 28.2 Å². The van der Waals surface area contributed by atoms with Crippen molar-refractivity contribution in [3.8, 4) is 16.8 Å². The third-order valence-corrected chi connectivity index (χ3v) is 5.88. The Bertz CT molecular complexity index is 1750. The molecular formula is C27H21N7O2. The topological polar surface area (TPSA) is 123 Å². The third kappa shape index (κ3) is 4.08. The second-order valence-electron chi connectivity index (χ2n) is 8.20. The van der Waals surface area contributed by atoms with Crippen molar-refractivity contribution in [3.63, 3.8) is 0 Å². The van der Waals surface area contributed by atoms with Gasteiger partial charge in [-0.3, -0.25) is 14.2 Å². The number of pyridine rings is 2. The molecule has 4 N–H and O–H groups in total. The number of aromatic nitrogens is 4. The normalized spacial score (nSPS) is 11.7. The lowest BCUT2D eigenvalue weighted by Crippen LogP contribution is -2.26. The zero-order valence-corrected chi connectivity index (χ0v) is 19.3. The quantitative estimate of drug-likeness (QED) is 0.323. The number of anilines is 2. The number of fused-ring (bicyclic) bond motifs is 1. The summed E-state index contributed by atoms with van der Waals surface area (Å²) in [6.45, 7) is 9.31. The van der Waals surface area contributed by atoms with Crippen LogP contribution in [0, 0.1) is 6.57 Å². The molecule has 36 heavy (non-hydrogen) atoms. The number of aromatic amines is 1. The minimum Gasteiger partial charge on any atom is -0.371 e. The number of benzene rings is 2.